The van der Waals surface area contributed by atoms with Gasteiger partial charge in [0.15, 0.2) is 0 Å². The molecule has 24 heavy (non-hydrogen) atoms. The Labute approximate surface area is 140 Å². The highest BCUT2D eigenvalue weighted by molar-refractivity contribution is 5.90. The summed E-state index contributed by atoms with van der Waals surface area (Å²) in [6.45, 7) is 0. The molecule has 3 aromatic rings. The molecule has 0 aliphatic heterocycles. The molecule has 0 spiro atoms. The maximum atomic E-state index is 11.5. The molecule has 0 N–H and O–H groups in total. The summed E-state index contributed by atoms with van der Waals surface area (Å²) in [7, 11) is 1.37. The Morgan fingerprint density at radius 2 is 1.38 bits per heavy atom. The predicted octanol–water partition coefficient (Wildman–Crippen LogP) is 4.07. The zero-order chi connectivity index (χ0) is 16.9. The van der Waals surface area contributed by atoms with E-state index >= 15 is 0 Å². The van der Waals surface area contributed by atoms with Gasteiger partial charge in [0.25, 0.3) is 0 Å². The van der Waals surface area contributed by atoms with Crippen molar-refractivity contribution in [2.45, 2.75) is 0 Å². The lowest BCUT2D eigenvalue weighted by Crippen LogP contribution is -2.00. The highest BCUT2D eigenvalue weighted by Gasteiger charge is 2.06. The van der Waals surface area contributed by atoms with Gasteiger partial charge in [-0.2, -0.15) is 5.26 Å². The third-order valence-corrected chi connectivity index (χ3v) is 3.74. The Kier molecular flexibility index (Phi) is 4.35. The molecule has 0 atom stereocenters. The number of ether oxygens (including phenoxy) is 1. The van der Waals surface area contributed by atoms with Crippen molar-refractivity contribution in [1.29, 1.82) is 5.26 Å². The molecular formula is C20H14N2O2. The van der Waals surface area contributed by atoms with Gasteiger partial charge in [-0.05, 0) is 41.0 Å². The number of hydrogen-bond donors (Lipinski definition) is 0. The SMILES string of the molecule is COC(=O)c1ccc(-c2ccc(-c3ccc(C#N)nc3)cc2)cc1. The smallest absolute Gasteiger partial charge is 0.337 e. The van der Waals surface area contributed by atoms with Crippen LogP contribution in [0.4, 0.5) is 0 Å². The second-order valence-corrected chi connectivity index (χ2v) is 5.19. The van der Waals surface area contributed by atoms with Gasteiger partial charge in [0.2, 0.25) is 0 Å². The lowest BCUT2D eigenvalue weighted by atomic mass is 10.0. The summed E-state index contributed by atoms with van der Waals surface area (Å²) < 4.78 is 4.70. The minimum atomic E-state index is -0.342. The highest BCUT2D eigenvalue weighted by Crippen LogP contribution is 2.25. The van der Waals surface area contributed by atoms with E-state index in [-0.39, 0.29) is 5.97 Å². The van der Waals surface area contributed by atoms with E-state index in [1.54, 1.807) is 24.4 Å². The summed E-state index contributed by atoms with van der Waals surface area (Å²) in [5, 5.41) is 8.79. The molecule has 116 valence electrons. The number of nitrogens with zero attached hydrogens (tertiary/aromatic N) is 2. The fraction of sp³-hybridized carbons (Fsp3) is 0.0500. The molecule has 0 aliphatic rings. The number of carbonyl (C=O) groups excluding carboxylic acids is 1. The molecule has 0 amide bonds. The lowest BCUT2D eigenvalue weighted by molar-refractivity contribution is 0.0601. The second kappa shape index (κ2) is 6.76. The third kappa shape index (κ3) is 3.16. The van der Waals surface area contributed by atoms with Crippen LogP contribution in [0.5, 0.6) is 0 Å². The topological polar surface area (TPSA) is 63.0 Å². The second-order valence-electron chi connectivity index (χ2n) is 5.19. The van der Waals surface area contributed by atoms with Gasteiger partial charge in [-0.15, -0.1) is 0 Å². The van der Waals surface area contributed by atoms with Gasteiger partial charge in [-0.1, -0.05) is 36.4 Å². The van der Waals surface area contributed by atoms with E-state index < -0.39 is 0 Å². The fourth-order valence-corrected chi connectivity index (χ4v) is 2.40. The number of pyridine rings is 1. The Bertz CT molecular complexity index is 890. The van der Waals surface area contributed by atoms with Crippen LogP contribution < -0.4 is 0 Å². The van der Waals surface area contributed by atoms with Crippen molar-refractivity contribution in [1.82, 2.24) is 4.98 Å². The van der Waals surface area contributed by atoms with Gasteiger partial charge < -0.3 is 4.74 Å². The molecule has 0 aliphatic carbocycles. The number of hydrogen-bond acceptors (Lipinski definition) is 4. The van der Waals surface area contributed by atoms with Crippen molar-refractivity contribution in [2.24, 2.45) is 0 Å². The molecule has 0 radical (unpaired) electrons. The van der Waals surface area contributed by atoms with Crippen molar-refractivity contribution >= 4 is 5.97 Å². The third-order valence-electron chi connectivity index (χ3n) is 3.74. The van der Waals surface area contributed by atoms with Crippen LogP contribution in [0.1, 0.15) is 16.1 Å². The van der Waals surface area contributed by atoms with Crippen LogP contribution in [0, 0.1) is 11.3 Å². The van der Waals surface area contributed by atoms with Crippen LogP contribution in [0.3, 0.4) is 0 Å². The number of methoxy groups -OCH3 is 1. The fourth-order valence-electron chi connectivity index (χ4n) is 2.40. The van der Waals surface area contributed by atoms with Gasteiger partial charge in [0, 0.05) is 11.8 Å². The van der Waals surface area contributed by atoms with Crippen molar-refractivity contribution in [3.05, 3.63) is 78.1 Å². The lowest BCUT2D eigenvalue weighted by Gasteiger charge is -2.06. The first kappa shape index (κ1) is 15.4. The normalized spacial score (nSPS) is 10.0. The van der Waals surface area contributed by atoms with Crippen LogP contribution in [-0.4, -0.2) is 18.1 Å². The summed E-state index contributed by atoms with van der Waals surface area (Å²) >= 11 is 0. The van der Waals surface area contributed by atoms with Crippen molar-refractivity contribution in [2.75, 3.05) is 7.11 Å². The monoisotopic (exact) mass is 314 g/mol. The predicted molar refractivity (Wildman–Crippen MR) is 91.2 cm³/mol. The van der Waals surface area contributed by atoms with Crippen LogP contribution >= 0.6 is 0 Å². The summed E-state index contributed by atoms with van der Waals surface area (Å²) in [4.78, 5) is 15.5. The molecule has 0 saturated heterocycles. The van der Waals surface area contributed by atoms with E-state index in [9.17, 15) is 4.79 Å². The number of nitriles is 1. The molecule has 0 bridgehead atoms. The summed E-state index contributed by atoms with van der Waals surface area (Å²) in [5.41, 5.74) is 5.00. The maximum absolute atomic E-state index is 11.5. The van der Waals surface area contributed by atoms with Crippen LogP contribution in [0.25, 0.3) is 22.3 Å². The molecule has 1 heterocycles. The maximum Gasteiger partial charge on any atom is 0.337 e. The molecule has 4 nitrogen and oxygen atoms in total. The van der Waals surface area contributed by atoms with Gasteiger partial charge >= 0.3 is 5.97 Å². The van der Waals surface area contributed by atoms with Crippen molar-refractivity contribution < 1.29 is 9.53 Å². The van der Waals surface area contributed by atoms with Gasteiger partial charge in [0.05, 0.1) is 12.7 Å². The van der Waals surface area contributed by atoms with Gasteiger partial charge in [-0.3, -0.25) is 0 Å². The van der Waals surface area contributed by atoms with Crippen molar-refractivity contribution in [3.63, 3.8) is 0 Å². The molecule has 3 rings (SSSR count). The Morgan fingerprint density at radius 3 is 1.83 bits per heavy atom. The zero-order valence-electron chi connectivity index (χ0n) is 13.1. The molecule has 0 unspecified atom stereocenters. The summed E-state index contributed by atoms with van der Waals surface area (Å²) in [6, 6.07) is 20.9. The number of benzene rings is 2. The molecular weight excluding hydrogens is 300 g/mol. The molecule has 1 aromatic heterocycles. The zero-order valence-corrected chi connectivity index (χ0v) is 13.1. The van der Waals surface area contributed by atoms with Crippen LogP contribution in [-0.2, 0) is 4.74 Å². The number of carbonyl (C=O) groups is 1. The standard InChI is InChI=1S/C20H14N2O2/c1-24-20(23)17-8-6-15(7-9-17)14-2-4-16(5-3-14)18-10-11-19(12-21)22-13-18/h2-11,13H,1H3. The first-order chi connectivity index (χ1) is 11.7. The van der Waals surface area contributed by atoms with Crippen LogP contribution in [0.15, 0.2) is 66.9 Å². The van der Waals surface area contributed by atoms with Gasteiger partial charge in [-0.25, -0.2) is 9.78 Å². The van der Waals surface area contributed by atoms with Gasteiger partial charge in [0.1, 0.15) is 11.8 Å². The highest BCUT2D eigenvalue weighted by atomic mass is 16.5. The first-order valence-electron chi connectivity index (χ1n) is 7.36. The number of aromatic nitrogens is 1. The first-order valence-corrected chi connectivity index (χ1v) is 7.36. The Morgan fingerprint density at radius 1 is 0.875 bits per heavy atom. The minimum Gasteiger partial charge on any atom is -0.465 e. The summed E-state index contributed by atoms with van der Waals surface area (Å²) in [6.07, 6.45) is 1.69. The van der Waals surface area contributed by atoms with Crippen molar-refractivity contribution in [3.8, 4) is 28.3 Å². The van der Waals surface area contributed by atoms with E-state index in [2.05, 4.69) is 4.98 Å². The Hall–Kier alpha value is -3.45. The average Bonchev–Trinajstić information content (AvgIpc) is 2.68. The van der Waals surface area contributed by atoms with E-state index in [0.717, 1.165) is 22.3 Å². The molecule has 0 saturated carbocycles. The minimum absolute atomic E-state index is 0.342. The quantitative estimate of drug-likeness (QED) is 0.684. The van der Waals surface area contributed by atoms with Crippen LogP contribution in [0.2, 0.25) is 0 Å². The van der Waals surface area contributed by atoms with E-state index in [1.165, 1.54) is 7.11 Å². The largest absolute Gasteiger partial charge is 0.465 e. The molecule has 2 aromatic carbocycles. The molecule has 0 fully saturated rings. The average molecular weight is 314 g/mol. The molecule has 4 heteroatoms. The van der Waals surface area contributed by atoms with E-state index in [1.807, 2.05) is 48.5 Å². The van der Waals surface area contributed by atoms with E-state index in [0.29, 0.717) is 11.3 Å². The summed E-state index contributed by atoms with van der Waals surface area (Å²) in [5.74, 6) is -0.342. The number of rotatable bonds is 3. The number of esters is 1. The van der Waals surface area contributed by atoms with E-state index in [4.69, 9.17) is 10.00 Å². The Balaban J connectivity index is 1.83.